The van der Waals surface area contributed by atoms with Gasteiger partial charge >= 0.3 is 5.97 Å². The van der Waals surface area contributed by atoms with Crippen LogP contribution in [-0.4, -0.2) is 28.9 Å². The van der Waals surface area contributed by atoms with E-state index in [1.807, 2.05) is 12.1 Å². The fourth-order valence-electron chi connectivity index (χ4n) is 2.14. The summed E-state index contributed by atoms with van der Waals surface area (Å²) in [5.74, 6) is -0.337. The van der Waals surface area contributed by atoms with E-state index in [-0.39, 0.29) is 11.9 Å². The molecule has 2 heterocycles. The van der Waals surface area contributed by atoms with Gasteiger partial charge in [0.15, 0.2) is 0 Å². The van der Waals surface area contributed by atoms with E-state index in [0.717, 1.165) is 32.5 Å². The van der Waals surface area contributed by atoms with E-state index >= 15 is 0 Å². The molecule has 5 heteroatoms. The van der Waals surface area contributed by atoms with Gasteiger partial charge < -0.3 is 4.29 Å². The Morgan fingerprint density at radius 3 is 2.65 bits per heavy atom. The number of pyridine rings is 1. The minimum atomic E-state index is -0.296. The minimum Gasteiger partial charge on any atom is -0.347 e. The van der Waals surface area contributed by atoms with Crippen LogP contribution in [0.3, 0.4) is 0 Å². The second-order valence-electron chi connectivity index (χ2n) is 4.30. The normalized spacial score (nSPS) is 17.9. The van der Waals surface area contributed by atoms with Gasteiger partial charge in [0.25, 0.3) is 0 Å². The second-order valence-corrected chi connectivity index (χ2v) is 4.46. The van der Waals surface area contributed by atoms with Gasteiger partial charge in [-0.25, -0.2) is 0 Å². The standard InChI is InChI=1S/C12H15ClN2O2/c13-17-12(16)11-3-7-15(8-4-11)9-10-1-5-14-6-2-10/h1-2,5-6,11H,3-4,7-9H2. The summed E-state index contributed by atoms with van der Waals surface area (Å²) in [6.45, 7) is 2.71. The van der Waals surface area contributed by atoms with Crippen molar-refractivity contribution in [3.05, 3.63) is 30.1 Å². The van der Waals surface area contributed by atoms with E-state index in [0.29, 0.717) is 0 Å². The molecule has 0 spiro atoms. The summed E-state index contributed by atoms with van der Waals surface area (Å²) in [7, 11) is 0. The molecule has 1 aliphatic heterocycles. The average Bonchev–Trinajstić information content (AvgIpc) is 2.40. The van der Waals surface area contributed by atoms with Crippen molar-refractivity contribution in [3.8, 4) is 0 Å². The molecule has 0 aromatic carbocycles. The number of carbonyl (C=O) groups is 1. The number of carbonyl (C=O) groups excluding carboxylic acids is 1. The first-order valence-corrected chi connectivity index (χ1v) is 6.04. The van der Waals surface area contributed by atoms with Gasteiger partial charge in [-0.05, 0) is 43.6 Å². The van der Waals surface area contributed by atoms with Gasteiger partial charge in [0.1, 0.15) is 11.9 Å². The average molecular weight is 255 g/mol. The Morgan fingerprint density at radius 1 is 1.41 bits per heavy atom. The fourth-order valence-corrected chi connectivity index (χ4v) is 2.26. The molecular weight excluding hydrogens is 240 g/mol. The number of hydrogen-bond donors (Lipinski definition) is 0. The summed E-state index contributed by atoms with van der Waals surface area (Å²) < 4.78 is 4.25. The molecule has 0 unspecified atom stereocenters. The maximum Gasteiger partial charge on any atom is 0.327 e. The van der Waals surface area contributed by atoms with Crippen LogP contribution in [0.15, 0.2) is 24.5 Å². The second kappa shape index (κ2) is 5.98. The Balaban J connectivity index is 1.82. The van der Waals surface area contributed by atoms with Crippen molar-refractivity contribution in [1.29, 1.82) is 0 Å². The molecule has 0 atom stereocenters. The van der Waals surface area contributed by atoms with Gasteiger partial charge in [-0.2, -0.15) is 0 Å². The van der Waals surface area contributed by atoms with Crippen LogP contribution >= 0.6 is 11.9 Å². The van der Waals surface area contributed by atoms with Crippen molar-refractivity contribution >= 4 is 17.8 Å². The van der Waals surface area contributed by atoms with Gasteiger partial charge in [0, 0.05) is 18.9 Å². The lowest BCUT2D eigenvalue weighted by Gasteiger charge is -2.30. The van der Waals surface area contributed by atoms with Crippen molar-refractivity contribution in [1.82, 2.24) is 9.88 Å². The molecule has 0 N–H and O–H groups in total. The lowest BCUT2D eigenvalue weighted by Crippen LogP contribution is -2.35. The Bertz CT molecular complexity index is 364. The lowest BCUT2D eigenvalue weighted by atomic mass is 9.97. The summed E-state index contributed by atoms with van der Waals surface area (Å²) in [4.78, 5) is 17.6. The van der Waals surface area contributed by atoms with Gasteiger partial charge in [-0.15, -0.1) is 0 Å². The summed E-state index contributed by atoms with van der Waals surface area (Å²) in [5, 5.41) is 0. The van der Waals surface area contributed by atoms with Crippen LogP contribution in [0, 0.1) is 5.92 Å². The molecule has 0 bridgehead atoms. The number of nitrogens with zero attached hydrogens (tertiary/aromatic N) is 2. The minimum absolute atomic E-state index is 0.0406. The smallest absolute Gasteiger partial charge is 0.327 e. The van der Waals surface area contributed by atoms with Crippen molar-refractivity contribution in [2.75, 3.05) is 13.1 Å². The van der Waals surface area contributed by atoms with E-state index in [2.05, 4.69) is 14.2 Å². The Morgan fingerprint density at radius 2 is 2.06 bits per heavy atom. The zero-order valence-corrected chi connectivity index (χ0v) is 10.3. The highest BCUT2D eigenvalue weighted by atomic mass is 35.5. The Kier molecular flexibility index (Phi) is 4.34. The SMILES string of the molecule is O=C(OCl)C1CCN(Cc2ccncc2)CC1. The molecule has 0 amide bonds. The largest absolute Gasteiger partial charge is 0.347 e. The molecule has 1 aromatic heterocycles. The molecular formula is C12H15ClN2O2. The quantitative estimate of drug-likeness (QED) is 0.827. The summed E-state index contributed by atoms with van der Waals surface area (Å²) in [6, 6.07) is 4.03. The van der Waals surface area contributed by atoms with Crippen LogP contribution in [0.4, 0.5) is 0 Å². The van der Waals surface area contributed by atoms with E-state index in [1.54, 1.807) is 12.4 Å². The molecule has 4 nitrogen and oxygen atoms in total. The molecule has 1 saturated heterocycles. The van der Waals surface area contributed by atoms with Crippen molar-refractivity contribution in [3.63, 3.8) is 0 Å². The van der Waals surface area contributed by atoms with Crippen molar-refractivity contribution < 1.29 is 9.08 Å². The lowest BCUT2D eigenvalue weighted by molar-refractivity contribution is -0.140. The summed E-state index contributed by atoms with van der Waals surface area (Å²) in [6.07, 6.45) is 5.23. The van der Waals surface area contributed by atoms with Crippen molar-refractivity contribution in [2.24, 2.45) is 5.92 Å². The topological polar surface area (TPSA) is 42.4 Å². The third-order valence-electron chi connectivity index (χ3n) is 3.15. The van der Waals surface area contributed by atoms with Crippen LogP contribution in [0.5, 0.6) is 0 Å². The predicted molar refractivity (Wildman–Crippen MR) is 64.2 cm³/mol. The molecule has 0 aliphatic carbocycles. The van der Waals surface area contributed by atoms with Crippen LogP contribution in [0.2, 0.25) is 0 Å². The highest BCUT2D eigenvalue weighted by Crippen LogP contribution is 2.20. The number of halogens is 1. The number of aromatic nitrogens is 1. The molecule has 92 valence electrons. The van der Waals surface area contributed by atoms with E-state index < -0.39 is 0 Å². The van der Waals surface area contributed by atoms with Gasteiger partial charge in [-0.3, -0.25) is 14.7 Å². The first kappa shape index (κ1) is 12.3. The van der Waals surface area contributed by atoms with Crippen LogP contribution in [0.1, 0.15) is 18.4 Å². The first-order valence-electron chi connectivity index (χ1n) is 5.73. The maximum absolute atomic E-state index is 11.3. The molecule has 1 aromatic rings. The molecule has 0 radical (unpaired) electrons. The van der Waals surface area contributed by atoms with E-state index in [9.17, 15) is 4.79 Å². The molecule has 1 fully saturated rings. The fraction of sp³-hybridized carbons (Fsp3) is 0.500. The Hall–Kier alpha value is -1.13. The monoisotopic (exact) mass is 254 g/mol. The van der Waals surface area contributed by atoms with Gasteiger partial charge in [0.2, 0.25) is 0 Å². The first-order chi connectivity index (χ1) is 8.29. The number of rotatable bonds is 3. The third-order valence-corrected chi connectivity index (χ3v) is 3.30. The van der Waals surface area contributed by atoms with E-state index in [4.69, 9.17) is 11.9 Å². The van der Waals surface area contributed by atoms with Crippen molar-refractivity contribution in [2.45, 2.75) is 19.4 Å². The molecule has 2 rings (SSSR count). The van der Waals surface area contributed by atoms with Crippen LogP contribution in [0.25, 0.3) is 0 Å². The zero-order valence-electron chi connectivity index (χ0n) is 9.51. The highest BCUT2D eigenvalue weighted by molar-refractivity contribution is 6.13. The summed E-state index contributed by atoms with van der Waals surface area (Å²) >= 11 is 5.08. The number of piperidine rings is 1. The molecule has 1 aliphatic rings. The number of likely N-dealkylation sites (tertiary alicyclic amines) is 1. The number of hydrogen-bond acceptors (Lipinski definition) is 4. The Labute approximate surface area is 106 Å². The van der Waals surface area contributed by atoms with Crippen LogP contribution < -0.4 is 0 Å². The predicted octanol–water partition coefficient (Wildman–Crippen LogP) is 1.99. The highest BCUT2D eigenvalue weighted by Gasteiger charge is 2.26. The zero-order chi connectivity index (χ0) is 12.1. The van der Waals surface area contributed by atoms with Gasteiger partial charge in [0.05, 0.1) is 5.92 Å². The molecule has 0 saturated carbocycles. The maximum atomic E-state index is 11.3. The summed E-state index contributed by atoms with van der Waals surface area (Å²) in [5.41, 5.74) is 1.25. The van der Waals surface area contributed by atoms with Gasteiger partial charge in [-0.1, -0.05) is 0 Å². The van der Waals surface area contributed by atoms with E-state index in [1.165, 1.54) is 5.56 Å². The van der Waals surface area contributed by atoms with Crippen LogP contribution in [-0.2, 0) is 15.6 Å². The molecule has 17 heavy (non-hydrogen) atoms. The third kappa shape index (κ3) is 3.41.